The second-order valence-corrected chi connectivity index (χ2v) is 9.18. The third-order valence-electron chi connectivity index (χ3n) is 6.42. The van der Waals surface area contributed by atoms with Gasteiger partial charge in [0.05, 0.1) is 33.9 Å². The van der Waals surface area contributed by atoms with Crippen LogP contribution in [0.25, 0.3) is 0 Å². The molecule has 3 aliphatic rings. The highest BCUT2D eigenvalue weighted by Gasteiger charge is 2.53. The zero-order valence-corrected chi connectivity index (χ0v) is 19.2. The maximum absolute atomic E-state index is 13.0. The van der Waals surface area contributed by atoms with Crippen molar-refractivity contribution in [2.45, 2.75) is 11.2 Å². The fourth-order valence-corrected chi connectivity index (χ4v) is 6.11. The second-order valence-electron chi connectivity index (χ2n) is 7.99. The summed E-state index contributed by atoms with van der Waals surface area (Å²) in [5, 5.41) is 7.65. The number of ether oxygens (including phenoxy) is 6. The number of hydrogen-bond acceptors (Lipinski definition) is 9. The van der Waals surface area contributed by atoms with Gasteiger partial charge in [-0.1, -0.05) is 11.8 Å². The molecule has 1 saturated heterocycles. The first-order valence-corrected chi connectivity index (χ1v) is 11.3. The largest absolute Gasteiger partial charge is 0.493 e. The molecular formula is C23H24N2O7S. The van der Waals surface area contributed by atoms with E-state index in [-0.39, 0.29) is 41.6 Å². The first-order valence-electron chi connectivity index (χ1n) is 10.4. The lowest BCUT2D eigenvalue weighted by molar-refractivity contribution is -0.141. The third kappa shape index (κ3) is 3.40. The maximum atomic E-state index is 13.0. The van der Waals surface area contributed by atoms with E-state index in [2.05, 4.69) is 0 Å². The predicted molar refractivity (Wildman–Crippen MR) is 121 cm³/mol. The van der Waals surface area contributed by atoms with Crippen LogP contribution in [0.2, 0.25) is 0 Å². The van der Waals surface area contributed by atoms with Crippen LogP contribution >= 0.6 is 11.8 Å². The van der Waals surface area contributed by atoms with E-state index in [4.69, 9.17) is 39.6 Å². The van der Waals surface area contributed by atoms with Crippen LogP contribution in [-0.4, -0.2) is 45.9 Å². The Morgan fingerprint density at radius 2 is 1.64 bits per heavy atom. The predicted octanol–water partition coefficient (Wildman–Crippen LogP) is 3.04. The van der Waals surface area contributed by atoms with Gasteiger partial charge in [-0.25, -0.2) is 0 Å². The lowest BCUT2D eigenvalue weighted by atomic mass is 9.67. The zero-order valence-electron chi connectivity index (χ0n) is 18.4. The highest BCUT2D eigenvalue weighted by molar-refractivity contribution is 8.13. The van der Waals surface area contributed by atoms with E-state index in [1.54, 1.807) is 21.3 Å². The molecule has 2 aromatic carbocycles. The minimum atomic E-state index is -0.475. The number of carbonyl (C=O) groups is 1. The summed E-state index contributed by atoms with van der Waals surface area (Å²) < 4.78 is 33.4. The number of fused-ring (bicyclic) bond motifs is 3. The SMILES string of the molecule is COc1cc([C@@H]2c3cc4c(cc3[C@H](SC(=N)N)[C@H]3COC(=O)[C@H]23)OCO4)cc(OC)c1OC. The van der Waals surface area contributed by atoms with Crippen LogP contribution in [0.15, 0.2) is 24.3 Å². The number of benzene rings is 2. The maximum Gasteiger partial charge on any atom is 0.310 e. The first-order chi connectivity index (χ1) is 16.0. The van der Waals surface area contributed by atoms with E-state index in [1.165, 1.54) is 11.8 Å². The Bertz CT molecular complexity index is 1110. The minimum Gasteiger partial charge on any atom is -0.493 e. The van der Waals surface area contributed by atoms with Crippen molar-refractivity contribution in [1.29, 1.82) is 5.41 Å². The van der Waals surface area contributed by atoms with Crippen LogP contribution in [0, 0.1) is 17.2 Å². The number of amidine groups is 1. The standard InChI is InChI=1S/C23H24N2O7S/c1-27-16-4-10(5-17(28-2)20(16)29-3)18-11-6-14-15(32-9-31-14)7-12(11)21(33-23(24)25)13-8-30-22(26)19(13)18/h4-7,13,18-19,21H,8-9H2,1-3H3,(H3,24,25)/t13-,18+,19-,21-/m0/s1. The molecule has 1 aliphatic carbocycles. The molecule has 33 heavy (non-hydrogen) atoms. The van der Waals surface area contributed by atoms with E-state index in [0.717, 1.165) is 16.7 Å². The number of cyclic esters (lactones) is 1. The Morgan fingerprint density at radius 1 is 1.00 bits per heavy atom. The van der Waals surface area contributed by atoms with Crippen LogP contribution in [0.1, 0.15) is 27.9 Å². The van der Waals surface area contributed by atoms with Crippen LogP contribution in [-0.2, 0) is 9.53 Å². The number of esters is 1. The van der Waals surface area contributed by atoms with Crippen molar-refractivity contribution in [2.75, 3.05) is 34.7 Å². The Kier molecular flexibility index (Phi) is 5.40. The summed E-state index contributed by atoms with van der Waals surface area (Å²) >= 11 is 1.22. The summed E-state index contributed by atoms with van der Waals surface area (Å²) in [7, 11) is 4.66. The van der Waals surface area contributed by atoms with Gasteiger partial charge in [0.15, 0.2) is 28.2 Å². The fraction of sp³-hybridized carbons (Fsp3) is 0.391. The molecule has 0 bridgehead atoms. The Morgan fingerprint density at radius 3 is 2.21 bits per heavy atom. The van der Waals surface area contributed by atoms with Crippen molar-refractivity contribution >= 4 is 22.9 Å². The fourth-order valence-electron chi connectivity index (χ4n) is 5.08. The second kappa shape index (κ2) is 8.26. The van der Waals surface area contributed by atoms with Crippen LogP contribution in [0.4, 0.5) is 0 Å². The van der Waals surface area contributed by atoms with Gasteiger partial charge in [0.2, 0.25) is 12.5 Å². The summed E-state index contributed by atoms with van der Waals surface area (Å²) in [5.41, 5.74) is 8.44. The molecule has 0 spiro atoms. The van der Waals surface area contributed by atoms with Gasteiger partial charge in [-0.3, -0.25) is 10.2 Å². The van der Waals surface area contributed by atoms with Gasteiger partial charge in [-0.15, -0.1) is 0 Å². The molecule has 174 valence electrons. The van der Waals surface area contributed by atoms with Crippen LogP contribution < -0.4 is 29.4 Å². The molecule has 2 aliphatic heterocycles. The van der Waals surface area contributed by atoms with Gasteiger partial charge < -0.3 is 34.2 Å². The number of hydrogen-bond donors (Lipinski definition) is 2. The lowest BCUT2D eigenvalue weighted by Crippen LogP contribution is -2.34. The molecular weight excluding hydrogens is 448 g/mol. The summed E-state index contributed by atoms with van der Waals surface area (Å²) in [6.07, 6.45) is 0. The van der Waals surface area contributed by atoms with Gasteiger partial charge in [-0.2, -0.15) is 0 Å². The number of nitrogens with one attached hydrogen (secondary N) is 1. The summed E-state index contributed by atoms with van der Waals surface area (Å²) in [6.45, 7) is 0.385. The van der Waals surface area contributed by atoms with Crippen molar-refractivity contribution in [3.05, 3.63) is 41.0 Å². The van der Waals surface area contributed by atoms with Gasteiger partial charge in [-0.05, 0) is 41.0 Å². The molecule has 9 nitrogen and oxygen atoms in total. The van der Waals surface area contributed by atoms with Crippen molar-refractivity contribution in [1.82, 2.24) is 0 Å². The van der Waals surface area contributed by atoms with E-state index in [9.17, 15) is 4.79 Å². The quantitative estimate of drug-likeness (QED) is 0.384. The molecule has 0 amide bonds. The Labute approximate surface area is 194 Å². The zero-order chi connectivity index (χ0) is 23.3. The molecule has 2 aromatic rings. The van der Waals surface area contributed by atoms with Gasteiger partial charge >= 0.3 is 5.97 Å². The van der Waals surface area contributed by atoms with Gasteiger partial charge in [0.25, 0.3) is 0 Å². The lowest BCUT2D eigenvalue weighted by Gasteiger charge is -2.38. The van der Waals surface area contributed by atoms with Crippen LogP contribution in [0.3, 0.4) is 0 Å². The molecule has 0 saturated carbocycles. The Hall–Kier alpha value is -3.27. The average Bonchev–Trinajstić information content (AvgIpc) is 3.43. The molecule has 0 radical (unpaired) electrons. The summed E-state index contributed by atoms with van der Waals surface area (Å²) in [4.78, 5) is 13.0. The average molecular weight is 473 g/mol. The van der Waals surface area contributed by atoms with Crippen molar-refractivity contribution in [3.8, 4) is 28.7 Å². The molecule has 0 unspecified atom stereocenters. The van der Waals surface area contributed by atoms with Crippen molar-refractivity contribution in [2.24, 2.45) is 17.6 Å². The van der Waals surface area contributed by atoms with E-state index >= 15 is 0 Å². The number of methoxy groups -OCH3 is 3. The molecule has 0 aromatic heterocycles. The summed E-state index contributed by atoms with van der Waals surface area (Å²) in [6, 6.07) is 7.58. The van der Waals surface area contributed by atoms with Crippen LogP contribution in [0.5, 0.6) is 28.7 Å². The highest BCUT2D eigenvalue weighted by Crippen LogP contribution is 2.58. The molecule has 1 fully saturated rings. The van der Waals surface area contributed by atoms with Crippen molar-refractivity contribution < 1.29 is 33.2 Å². The summed E-state index contributed by atoms with van der Waals surface area (Å²) in [5.74, 6) is 1.43. The Balaban J connectivity index is 1.75. The molecule has 10 heteroatoms. The first kappa shape index (κ1) is 21.6. The molecule has 2 heterocycles. The van der Waals surface area contributed by atoms with E-state index < -0.39 is 5.92 Å². The molecule has 5 rings (SSSR count). The minimum absolute atomic E-state index is 0.0204. The van der Waals surface area contributed by atoms with E-state index in [1.807, 2.05) is 24.3 Å². The van der Waals surface area contributed by atoms with Gasteiger partial charge in [0, 0.05) is 17.1 Å². The highest BCUT2D eigenvalue weighted by atomic mass is 32.2. The molecule has 4 atom stereocenters. The van der Waals surface area contributed by atoms with E-state index in [0.29, 0.717) is 28.7 Å². The number of carbonyl (C=O) groups excluding carboxylic acids is 1. The normalized spacial score (nSPS) is 24.5. The number of rotatable bonds is 5. The third-order valence-corrected chi connectivity index (χ3v) is 7.53. The van der Waals surface area contributed by atoms with Gasteiger partial charge in [0.1, 0.15) is 0 Å². The smallest absolute Gasteiger partial charge is 0.310 e. The molecule has 3 N–H and O–H groups in total. The topological polar surface area (TPSA) is 122 Å². The van der Waals surface area contributed by atoms with Crippen molar-refractivity contribution in [3.63, 3.8) is 0 Å². The number of thioether (sulfide) groups is 1. The number of nitrogens with two attached hydrogens (primary N) is 1. The monoisotopic (exact) mass is 472 g/mol.